The summed E-state index contributed by atoms with van der Waals surface area (Å²) in [6.07, 6.45) is 1.77. The van der Waals surface area contributed by atoms with Crippen LogP contribution in [0.5, 0.6) is 5.75 Å². The van der Waals surface area contributed by atoms with Gasteiger partial charge in [0, 0.05) is 11.7 Å². The molecule has 0 spiro atoms. The summed E-state index contributed by atoms with van der Waals surface area (Å²) in [5.41, 5.74) is 0.670. The first-order valence-electron chi connectivity index (χ1n) is 7.08. The van der Waals surface area contributed by atoms with Crippen molar-refractivity contribution >= 4 is 11.6 Å². The summed E-state index contributed by atoms with van der Waals surface area (Å²) < 4.78 is 28.3. The second-order valence-electron chi connectivity index (χ2n) is 4.79. The van der Waals surface area contributed by atoms with Gasteiger partial charge in [0.05, 0.1) is 0 Å². The molecule has 0 saturated heterocycles. The van der Waals surface area contributed by atoms with E-state index in [-0.39, 0.29) is 17.7 Å². The number of rotatable bonds is 8. The lowest BCUT2D eigenvalue weighted by atomic mass is 10.1. The molecule has 0 aromatic heterocycles. The van der Waals surface area contributed by atoms with Gasteiger partial charge in [0.25, 0.3) is 0 Å². The molecule has 0 aliphatic carbocycles. The van der Waals surface area contributed by atoms with Crippen molar-refractivity contribution in [1.82, 2.24) is 5.32 Å². The number of anilines is 1. The predicted octanol–water partition coefficient (Wildman–Crippen LogP) is 3.39. The van der Waals surface area contributed by atoms with Crippen LogP contribution in [0.15, 0.2) is 24.3 Å². The fourth-order valence-electron chi connectivity index (χ4n) is 1.87. The Bertz CT molecular complexity index is 434. The third-order valence-corrected chi connectivity index (χ3v) is 3.19. The standard InChI is InChI=1S/C15H22F2N2O2/c1-4-11(5-2)19-14(20)10(3)18-12-6-8-13(9-7-12)21-15(16)17/h6-11,15,18H,4-5H2,1-3H3,(H,19,20). The molecule has 0 aliphatic rings. The molecule has 4 nitrogen and oxygen atoms in total. The molecule has 6 heteroatoms. The molecule has 0 aliphatic heterocycles. The maximum absolute atomic E-state index is 12.0. The number of benzene rings is 1. The van der Waals surface area contributed by atoms with E-state index in [1.807, 2.05) is 13.8 Å². The van der Waals surface area contributed by atoms with Gasteiger partial charge in [-0.1, -0.05) is 13.8 Å². The summed E-state index contributed by atoms with van der Waals surface area (Å²) >= 11 is 0. The van der Waals surface area contributed by atoms with Gasteiger partial charge in [-0.3, -0.25) is 4.79 Å². The average Bonchev–Trinajstić information content (AvgIpc) is 2.45. The van der Waals surface area contributed by atoms with Crippen molar-refractivity contribution in [3.8, 4) is 5.75 Å². The van der Waals surface area contributed by atoms with Gasteiger partial charge < -0.3 is 15.4 Å². The molecule has 0 saturated carbocycles. The summed E-state index contributed by atoms with van der Waals surface area (Å²) in [7, 11) is 0. The smallest absolute Gasteiger partial charge is 0.387 e. The van der Waals surface area contributed by atoms with Gasteiger partial charge in [-0.15, -0.1) is 0 Å². The average molecular weight is 300 g/mol. The lowest BCUT2D eigenvalue weighted by Gasteiger charge is -2.20. The SMILES string of the molecule is CCC(CC)NC(=O)C(C)Nc1ccc(OC(F)F)cc1. The van der Waals surface area contributed by atoms with Crippen LogP contribution in [0.25, 0.3) is 0 Å². The number of alkyl halides is 2. The molecule has 1 aromatic carbocycles. The summed E-state index contributed by atoms with van der Waals surface area (Å²) in [5.74, 6) is 0.00120. The van der Waals surface area contributed by atoms with Crippen molar-refractivity contribution in [2.45, 2.75) is 52.3 Å². The highest BCUT2D eigenvalue weighted by molar-refractivity contribution is 5.84. The normalized spacial score (nSPS) is 12.3. The van der Waals surface area contributed by atoms with Crippen LogP contribution < -0.4 is 15.4 Å². The van der Waals surface area contributed by atoms with Crippen LogP contribution in [0, 0.1) is 0 Å². The van der Waals surface area contributed by atoms with Crippen LogP contribution in [0.4, 0.5) is 14.5 Å². The van der Waals surface area contributed by atoms with E-state index in [0.29, 0.717) is 5.69 Å². The number of hydrogen-bond acceptors (Lipinski definition) is 3. The second kappa shape index (κ2) is 8.44. The third-order valence-electron chi connectivity index (χ3n) is 3.19. The minimum atomic E-state index is -2.84. The largest absolute Gasteiger partial charge is 0.435 e. The molecule has 2 N–H and O–H groups in total. The van der Waals surface area contributed by atoms with Gasteiger partial charge in [-0.25, -0.2) is 0 Å². The Kier molecular flexibility index (Phi) is 6.91. The van der Waals surface area contributed by atoms with Gasteiger partial charge in [0.1, 0.15) is 11.8 Å². The van der Waals surface area contributed by atoms with Crippen molar-refractivity contribution in [2.24, 2.45) is 0 Å². The number of amides is 1. The second-order valence-corrected chi connectivity index (χ2v) is 4.79. The van der Waals surface area contributed by atoms with Crippen molar-refractivity contribution in [3.05, 3.63) is 24.3 Å². The first-order valence-corrected chi connectivity index (χ1v) is 7.08. The number of halogens is 2. The van der Waals surface area contributed by atoms with Gasteiger partial charge in [0.2, 0.25) is 5.91 Å². The van der Waals surface area contributed by atoms with Crippen LogP contribution >= 0.6 is 0 Å². The fourth-order valence-corrected chi connectivity index (χ4v) is 1.87. The Morgan fingerprint density at radius 3 is 2.24 bits per heavy atom. The summed E-state index contributed by atoms with van der Waals surface area (Å²) in [4.78, 5) is 12.0. The fraction of sp³-hybridized carbons (Fsp3) is 0.533. The maximum Gasteiger partial charge on any atom is 0.387 e. The Balaban J connectivity index is 2.53. The van der Waals surface area contributed by atoms with Crippen molar-refractivity contribution in [3.63, 3.8) is 0 Å². The summed E-state index contributed by atoms with van der Waals surface area (Å²) in [5, 5.41) is 5.97. The topological polar surface area (TPSA) is 50.4 Å². The van der Waals surface area contributed by atoms with Gasteiger partial charge in [-0.05, 0) is 44.0 Å². The van der Waals surface area contributed by atoms with Crippen LogP contribution in [-0.4, -0.2) is 24.6 Å². The molecule has 1 atom stereocenters. The highest BCUT2D eigenvalue weighted by atomic mass is 19.3. The van der Waals surface area contributed by atoms with Gasteiger partial charge in [0.15, 0.2) is 0 Å². The van der Waals surface area contributed by atoms with Crippen LogP contribution in [0.3, 0.4) is 0 Å². The van der Waals surface area contributed by atoms with Crippen LogP contribution in [0.2, 0.25) is 0 Å². The van der Waals surface area contributed by atoms with Crippen LogP contribution in [0.1, 0.15) is 33.6 Å². The van der Waals surface area contributed by atoms with E-state index in [1.54, 1.807) is 19.1 Å². The van der Waals surface area contributed by atoms with Crippen molar-refractivity contribution < 1.29 is 18.3 Å². The van der Waals surface area contributed by atoms with Crippen molar-refractivity contribution in [2.75, 3.05) is 5.32 Å². The van der Waals surface area contributed by atoms with E-state index in [4.69, 9.17) is 0 Å². The molecule has 1 rings (SSSR count). The molecular weight excluding hydrogens is 278 g/mol. The lowest BCUT2D eigenvalue weighted by Crippen LogP contribution is -2.42. The number of hydrogen-bond donors (Lipinski definition) is 2. The van der Waals surface area contributed by atoms with E-state index in [1.165, 1.54) is 12.1 Å². The zero-order valence-electron chi connectivity index (χ0n) is 12.5. The molecule has 0 heterocycles. The van der Waals surface area contributed by atoms with Gasteiger partial charge >= 0.3 is 6.61 Å². The summed E-state index contributed by atoms with van der Waals surface area (Å²) in [6.45, 7) is 2.96. The molecule has 0 radical (unpaired) electrons. The number of nitrogens with one attached hydrogen (secondary N) is 2. The highest BCUT2D eigenvalue weighted by Gasteiger charge is 2.15. The lowest BCUT2D eigenvalue weighted by molar-refractivity contribution is -0.122. The number of ether oxygens (including phenoxy) is 1. The highest BCUT2D eigenvalue weighted by Crippen LogP contribution is 2.18. The first kappa shape index (κ1) is 17.2. The van der Waals surface area contributed by atoms with Crippen molar-refractivity contribution in [1.29, 1.82) is 0 Å². The monoisotopic (exact) mass is 300 g/mol. The first-order chi connectivity index (χ1) is 9.96. The molecule has 0 bridgehead atoms. The Morgan fingerprint density at radius 2 is 1.76 bits per heavy atom. The van der Waals surface area contributed by atoms with E-state index < -0.39 is 12.7 Å². The van der Waals surface area contributed by atoms with E-state index >= 15 is 0 Å². The molecule has 21 heavy (non-hydrogen) atoms. The maximum atomic E-state index is 12.0. The van der Waals surface area contributed by atoms with Crippen LogP contribution in [-0.2, 0) is 4.79 Å². The number of carbonyl (C=O) groups excluding carboxylic acids is 1. The zero-order valence-corrected chi connectivity index (χ0v) is 12.5. The zero-order chi connectivity index (χ0) is 15.8. The predicted molar refractivity (Wildman–Crippen MR) is 78.7 cm³/mol. The third kappa shape index (κ3) is 5.97. The molecule has 1 unspecified atom stereocenters. The molecule has 1 amide bonds. The minimum Gasteiger partial charge on any atom is -0.435 e. The molecule has 1 aromatic rings. The molecule has 118 valence electrons. The van der Waals surface area contributed by atoms with E-state index in [0.717, 1.165) is 12.8 Å². The number of carbonyl (C=O) groups is 1. The Hall–Kier alpha value is -1.85. The van der Waals surface area contributed by atoms with E-state index in [9.17, 15) is 13.6 Å². The molecular formula is C15H22F2N2O2. The summed E-state index contributed by atoms with van der Waals surface area (Å²) in [6, 6.07) is 5.81. The van der Waals surface area contributed by atoms with E-state index in [2.05, 4.69) is 15.4 Å². The van der Waals surface area contributed by atoms with Gasteiger partial charge in [-0.2, -0.15) is 8.78 Å². The molecule has 0 fully saturated rings. The quantitative estimate of drug-likeness (QED) is 0.773. The Labute approximate surface area is 123 Å². The minimum absolute atomic E-state index is 0.0865. The Morgan fingerprint density at radius 1 is 1.19 bits per heavy atom.